The molecule has 0 amide bonds. The van der Waals surface area contributed by atoms with Crippen molar-refractivity contribution in [1.29, 1.82) is 0 Å². The highest BCUT2D eigenvalue weighted by atomic mass is 79.9. The third kappa shape index (κ3) is 1.98. The van der Waals surface area contributed by atoms with Crippen LogP contribution in [-0.2, 0) is 6.42 Å². The van der Waals surface area contributed by atoms with E-state index in [-0.39, 0.29) is 11.4 Å². The zero-order chi connectivity index (χ0) is 10.3. The second-order valence-electron chi connectivity index (χ2n) is 4.23. The minimum absolute atomic E-state index is 0.107. The average molecular weight is 258 g/mol. The molecule has 0 heterocycles. The maximum atomic E-state index is 13.7. The third-order valence-electron chi connectivity index (χ3n) is 2.73. The van der Waals surface area contributed by atoms with Gasteiger partial charge in [-0.15, -0.1) is 0 Å². The fourth-order valence-electron chi connectivity index (χ4n) is 1.64. The Morgan fingerprint density at radius 3 is 2.71 bits per heavy atom. The van der Waals surface area contributed by atoms with Crippen LogP contribution in [-0.4, -0.2) is 5.54 Å². The first-order valence-corrected chi connectivity index (χ1v) is 5.53. The number of hydrogen-bond acceptors (Lipinski definition) is 1. The number of nitrogens with two attached hydrogens (primary N) is 1. The highest BCUT2D eigenvalue weighted by Gasteiger charge is 2.38. The van der Waals surface area contributed by atoms with Crippen molar-refractivity contribution in [2.24, 2.45) is 5.73 Å². The molecule has 1 nitrogen and oxygen atoms in total. The number of benzene rings is 1. The highest BCUT2D eigenvalue weighted by Crippen LogP contribution is 2.37. The number of rotatable bonds is 2. The molecule has 1 aromatic carbocycles. The monoisotopic (exact) mass is 257 g/mol. The molecule has 0 saturated heterocycles. The van der Waals surface area contributed by atoms with Crippen molar-refractivity contribution in [3.8, 4) is 0 Å². The van der Waals surface area contributed by atoms with Gasteiger partial charge in [0, 0.05) is 10.0 Å². The summed E-state index contributed by atoms with van der Waals surface area (Å²) in [5, 5.41) is 0. The lowest BCUT2D eigenvalue weighted by Crippen LogP contribution is -2.25. The average Bonchev–Trinajstić information content (AvgIpc) is 2.79. The normalized spacial score (nSPS) is 18.3. The SMILES string of the molecule is Cc1cc(Br)cc(CC2(N)CC2)c1F. The van der Waals surface area contributed by atoms with E-state index in [0.717, 1.165) is 22.9 Å². The Balaban J connectivity index is 2.32. The molecule has 3 heteroatoms. The predicted octanol–water partition coefficient (Wildman–Crippen LogP) is 2.93. The van der Waals surface area contributed by atoms with E-state index in [2.05, 4.69) is 15.9 Å². The van der Waals surface area contributed by atoms with E-state index in [1.807, 2.05) is 6.07 Å². The van der Waals surface area contributed by atoms with Gasteiger partial charge < -0.3 is 5.73 Å². The lowest BCUT2D eigenvalue weighted by molar-refractivity contribution is 0.575. The molecule has 0 bridgehead atoms. The Morgan fingerprint density at radius 1 is 1.50 bits per heavy atom. The lowest BCUT2D eigenvalue weighted by Gasteiger charge is -2.11. The molecule has 0 spiro atoms. The van der Waals surface area contributed by atoms with E-state index in [1.165, 1.54) is 0 Å². The summed E-state index contributed by atoms with van der Waals surface area (Å²) >= 11 is 3.37. The maximum absolute atomic E-state index is 13.7. The topological polar surface area (TPSA) is 26.0 Å². The molecule has 1 saturated carbocycles. The predicted molar refractivity (Wildman–Crippen MR) is 58.7 cm³/mol. The summed E-state index contributed by atoms with van der Waals surface area (Å²) in [6, 6.07) is 3.62. The third-order valence-corrected chi connectivity index (χ3v) is 3.19. The molecule has 1 aliphatic carbocycles. The van der Waals surface area contributed by atoms with Crippen LogP contribution in [0.1, 0.15) is 24.0 Å². The van der Waals surface area contributed by atoms with E-state index in [0.29, 0.717) is 12.0 Å². The van der Waals surface area contributed by atoms with E-state index in [4.69, 9.17) is 5.73 Å². The standard InChI is InChI=1S/C11H13BrFN/c1-7-4-9(12)5-8(10(7)13)6-11(14)2-3-11/h4-5H,2-3,6,14H2,1H3. The minimum atomic E-state index is -0.131. The molecular formula is C11H13BrFN. The maximum Gasteiger partial charge on any atom is 0.129 e. The van der Waals surface area contributed by atoms with E-state index < -0.39 is 0 Å². The van der Waals surface area contributed by atoms with Crippen molar-refractivity contribution in [3.63, 3.8) is 0 Å². The lowest BCUT2D eigenvalue weighted by atomic mass is 10.0. The summed E-state index contributed by atoms with van der Waals surface area (Å²) in [6.07, 6.45) is 2.68. The van der Waals surface area contributed by atoms with E-state index in [9.17, 15) is 4.39 Å². The molecule has 14 heavy (non-hydrogen) atoms. The first kappa shape index (κ1) is 10.1. The minimum Gasteiger partial charge on any atom is -0.325 e. The zero-order valence-corrected chi connectivity index (χ0v) is 9.70. The van der Waals surface area contributed by atoms with Crippen LogP contribution in [0, 0.1) is 12.7 Å². The molecule has 0 aliphatic heterocycles. The van der Waals surface area contributed by atoms with Crippen LogP contribution in [0.3, 0.4) is 0 Å². The van der Waals surface area contributed by atoms with Gasteiger partial charge in [0.1, 0.15) is 5.82 Å². The van der Waals surface area contributed by atoms with Crippen molar-refractivity contribution >= 4 is 15.9 Å². The largest absolute Gasteiger partial charge is 0.325 e. The smallest absolute Gasteiger partial charge is 0.129 e. The van der Waals surface area contributed by atoms with Crippen LogP contribution >= 0.6 is 15.9 Å². The zero-order valence-electron chi connectivity index (χ0n) is 8.11. The van der Waals surface area contributed by atoms with Gasteiger partial charge in [-0.3, -0.25) is 0 Å². The van der Waals surface area contributed by atoms with Crippen molar-refractivity contribution in [2.75, 3.05) is 0 Å². The molecule has 1 fully saturated rings. The van der Waals surface area contributed by atoms with Crippen molar-refractivity contribution in [2.45, 2.75) is 31.7 Å². The quantitative estimate of drug-likeness (QED) is 0.867. The summed E-state index contributed by atoms with van der Waals surface area (Å²) in [5.74, 6) is -0.107. The number of halogens is 2. The molecule has 2 rings (SSSR count). The summed E-state index contributed by atoms with van der Waals surface area (Å²) < 4.78 is 14.6. The summed E-state index contributed by atoms with van der Waals surface area (Å²) in [6.45, 7) is 1.78. The van der Waals surface area contributed by atoms with Gasteiger partial charge in [-0.05, 0) is 49.4 Å². The Bertz CT molecular complexity index is 372. The fraction of sp³-hybridized carbons (Fsp3) is 0.455. The second-order valence-corrected chi connectivity index (χ2v) is 5.15. The highest BCUT2D eigenvalue weighted by molar-refractivity contribution is 9.10. The van der Waals surface area contributed by atoms with Crippen LogP contribution in [0.2, 0.25) is 0 Å². The summed E-state index contributed by atoms with van der Waals surface area (Å²) in [7, 11) is 0. The Kier molecular flexibility index (Phi) is 2.40. The van der Waals surface area contributed by atoms with Gasteiger partial charge in [0.15, 0.2) is 0 Å². The molecule has 0 aromatic heterocycles. The van der Waals surface area contributed by atoms with Crippen molar-refractivity contribution in [3.05, 3.63) is 33.5 Å². The van der Waals surface area contributed by atoms with Crippen LogP contribution < -0.4 is 5.73 Å². The molecular weight excluding hydrogens is 245 g/mol. The van der Waals surface area contributed by atoms with Gasteiger partial charge >= 0.3 is 0 Å². The van der Waals surface area contributed by atoms with Gasteiger partial charge in [-0.25, -0.2) is 4.39 Å². The summed E-state index contributed by atoms with van der Waals surface area (Å²) in [4.78, 5) is 0. The van der Waals surface area contributed by atoms with Crippen LogP contribution in [0.5, 0.6) is 0 Å². The molecule has 1 aromatic rings. The first-order chi connectivity index (χ1) is 6.50. The van der Waals surface area contributed by atoms with Gasteiger partial charge in [-0.1, -0.05) is 15.9 Å². The molecule has 0 atom stereocenters. The van der Waals surface area contributed by atoms with Crippen LogP contribution in [0.25, 0.3) is 0 Å². The van der Waals surface area contributed by atoms with Crippen molar-refractivity contribution in [1.82, 2.24) is 0 Å². The second kappa shape index (κ2) is 3.31. The first-order valence-electron chi connectivity index (χ1n) is 4.74. The van der Waals surface area contributed by atoms with Crippen molar-refractivity contribution < 1.29 is 4.39 Å². The van der Waals surface area contributed by atoms with Gasteiger partial charge in [0.25, 0.3) is 0 Å². The number of aryl methyl sites for hydroxylation is 1. The Labute approximate surface area is 91.6 Å². The number of hydrogen-bond donors (Lipinski definition) is 1. The molecule has 76 valence electrons. The van der Waals surface area contributed by atoms with Crippen LogP contribution in [0.4, 0.5) is 4.39 Å². The Morgan fingerprint density at radius 2 is 2.14 bits per heavy atom. The Hall–Kier alpha value is -0.410. The molecule has 1 aliphatic rings. The molecule has 2 N–H and O–H groups in total. The van der Waals surface area contributed by atoms with Gasteiger partial charge in [0.05, 0.1) is 0 Å². The van der Waals surface area contributed by atoms with E-state index in [1.54, 1.807) is 13.0 Å². The molecule has 0 radical (unpaired) electrons. The summed E-state index contributed by atoms with van der Waals surface area (Å²) in [5.41, 5.74) is 7.25. The van der Waals surface area contributed by atoms with E-state index >= 15 is 0 Å². The van der Waals surface area contributed by atoms with Gasteiger partial charge in [-0.2, -0.15) is 0 Å². The fourth-order valence-corrected chi connectivity index (χ4v) is 2.26. The van der Waals surface area contributed by atoms with Gasteiger partial charge in [0.2, 0.25) is 0 Å². The van der Waals surface area contributed by atoms with Crippen LogP contribution in [0.15, 0.2) is 16.6 Å². The molecule has 0 unspecified atom stereocenters.